The topological polar surface area (TPSA) is 142 Å². The number of nitrogens with zero attached hydrogens (tertiary/aromatic N) is 2. The van der Waals surface area contributed by atoms with Gasteiger partial charge in [0.05, 0.1) is 17.9 Å². The summed E-state index contributed by atoms with van der Waals surface area (Å²) in [5.74, 6) is -1.52. The first-order chi connectivity index (χ1) is 20.9. The first-order valence-electron chi connectivity index (χ1n) is 13.7. The number of carbonyl (C=O) groups is 3. The van der Waals surface area contributed by atoms with Crippen molar-refractivity contribution in [2.75, 3.05) is 16.8 Å². The Bertz CT molecular complexity index is 1570. The molecule has 0 unspecified atom stereocenters. The van der Waals surface area contributed by atoms with E-state index in [-0.39, 0.29) is 30.8 Å². The van der Waals surface area contributed by atoms with Crippen LogP contribution in [-0.2, 0) is 17.5 Å². The van der Waals surface area contributed by atoms with Crippen molar-refractivity contribution in [3.8, 4) is 0 Å². The molecule has 10 nitrogen and oxygen atoms in total. The third-order valence-corrected chi connectivity index (χ3v) is 7.02. The molecular formula is C31H29F3N4O6. The molecule has 0 fully saturated rings. The van der Waals surface area contributed by atoms with Crippen LogP contribution in [0.15, 0.2) is 72.8 Å². The van der Waals surface area contributed by atoms with Crippen molar-refractivity contribution in [2.45, 2.75) is 44.8 Å². The van der Waals surface area contributed by atoms with Crippen LogP contribution in [0.4, 0.5) is 35.0 Å². The van der Waals surface area contributed by atoms with Gasteiger partial charge >= 0.3 is 18.2 Å². The quantitative estimate of drug-likeness (QED) is 0.166. The predicted molar refractivity (Wildman–Crippen MR) is 157 cm³/mol. The van der Waals surface area contributed by atoms with E-state index in [0.29, 0.717) is 23.4 Å². The lowest BCUT2D eigenvalue weighted by Gasteiger charge is -2.24. The molecular weight excluding hydrogens is 581 g/mol. The van der Waals surface area contributed by atoms with Crippen molar-refractivity contribution >= 4 is 40.5 Å². The van der Waals surface area contributed by atoms with E-state index in [1.165, 1.54) is 22.6 Å². The number of halogens is 3. The highest BCUT2D eigenvalue weighted by Crippen LogP contribution is 2.38. The monoisotopic (exact) mass is 610 g/mol. The van der Waals surface area contributed by atoms with Crippen molar-refractivity contribution in [1.82, 2.24) is 5.32 Å². The van der Waals surface area contributed by atoms with E-state index in [0.717, 1.165) is 37.3 Å². The van der Waals surface area contributed by atoms with E-state index in [9.17, 15) is 37.7 Å². The van der Waals surface area contributed by atoms with Crippen LogP contribution in [0.3, 0.4) is 0 Å². The molecule has 230 valence electrons. The third kappa shape index (κ3) is 8.21. The summed E-state index contributed by atoms with van der Waals surface area (Å²) >= 11 is 0. The first kappa shape index (κ1) is 31.7. The zero-order chi connectivity index (χ0) is 31.9. The van der Waals surface area contributed by atoms with Gasteiger partial charge in [0.25, 0.3) is 11.6 Å². The molecule has 0 atom stereocenters. The lowest BCUT2D eigenvalue weighted by atomic mass is 9.93. The van der Waals surface area contributed by atoms with E-state index in [2.05, 4.69) is 16.7 Å². The van der Waals surface area contributed by atoms with Gasteiger partial charge in [-0.15, -0.1) is 0 Å². The number of carbonyl (C=O) groups excluding carboxylic acids is 2. The minimum absolute atomic E-state index is 0.0338. The summed E-state index contributed by atoms with van der Waals surface area (Å²) in [4.78, 5) is 47.8. The molecule has 0 bridgehead atoms. The molecule has 0 radical (unpaired) electrons. The Morgan fingerprint density at radius 1 is 0.977 bits per heavy atom. The highest BCUT2D eigenvalue weighted by molar-refractivity contribution is 6.02. The molecule has 0 saturated carbocycles. The van der Waals surface area contributed by atoms with Crippen molar-refractivity contribution in [3.05, 3.63) is 105 Å². The molecule has 0 aliphatic heterocycles. The summed E-state index contributed by atoms with van der Waals surface area (Å²) in [6, 6.07) is 14.8. The van der Waals surface area contributed by atoms with Gasteiger partial charge in [-0.05, 0) is 78.8 Å². The van der Waals surface area contributed by atoms with Crippen LogP contribution in [0.2, 0.25) is 0 Å². The highest BCUT2D eigenvalue weighted by atomic mass is 19.4. The maximum absolute atomic E-state index is 13.5. The van der Waals surface area contributed by atoms with E-state index in [4.69, 9.17) is 5.11 Å². The number of aliphatic carboxylic acids is 1. The van der Waals surface area contributed by atoms with Gasteiger partial charge in [0.1, 0.15) is 5.56 Å². The van der Waals surface area contributed by atoms with Crippen LogP contribution in [0.25, 0.3) is 5.57 Å². The van der Waals surface area contributed by atoms with Crippen LogP contribution in [0, 0.1) is 10.1 Å². The minimum Gasteiger partial charge on any atom is -0.481 e. The normalized spacial score (nSPS) is 13.0. The lowest BCUT2D eigenvalue weighted by Crippen LogP contribution is -2.34. The van der Waals surface area contributed by atoms with Gasteiger partial charge in [0.2, 0.25) is 0 Å². The number of nitrogens with one attached hydrogen (secondary N) is 2. The number of hydrogen-bond donors (Lipinski definition) is 3. The van der Waals surface area contributed by atoms with Crippen LogP contribution in [0.5, 0.6) is 0 Å². The predicted octanol–water partition coefficient (Wildman–Crippen LogP) is 7.01. The number of hydrogen-bond acceptors (Lipinski definition) is 5. The van der Waals surface area contributed by atoms with Crippen molar-refractivity contribution in [2.24, 2.45) is 0 Å². The second-order valence-electron chi connectivity index (χ2n) is 10.1. The molecule has 44 heavy (non-hydrogen) atoms. The Hall–Kier alpha value is -5.20. The molecule has 0 spiro atoms. The lowest BCUT2D eigenvalue weighted by molar-refractivity contribution is -0.388. The maximum Gasteiger partial charge on any atom is 0.423 e. The highest BCUT2D eigenvalue weighted by Gasteiger charge is 2.38. The van der Waals surface area contributed by atoms with Gasteiger partial charge < -0.3 is 15.7 Å². The number of nitro benzene ring substituents is 1. The average molecular weight is 611 g/mol. The Balaban J connectivity index is 1.60. The fourth-order valence-electron chi connectivity index (χ4n) is 4.76. The smallest absolute Gasteiger partial charge is 0.423 e. The molecule has 3 N–H and O–H groups in total. The Kier molecular flexibility index (Phi) is 9.99. The maximum atomic E-state index is 13.5. The molecule has 4 rings (SSSR count). The molecule has 0 aromatic heterocycles. The van der Waals surface area contributed by atoms with Crippen LogP contribution in [-0.4, -0.2) is 34.5 Å². The number of nitro groups is 1. The minimum atomic E-state index is -5.02. The summed E-state index contributed by atoms with van der Waals surface area (Å²) in [5, 5.41) is 24.8. The summed E-state index contributed by atoms with van der Waals surface area (Å²) in [5.41, 5.74) is 0.582. The van der Waals surface area contributed by atoms with Crippen LogP contribution >= 0.6 is 0 Å². The summed E-state index contributed by atoms with van der Waals surface area (Å²) < 4.78 is 40.6. The number of carboxylic acids is 1. The van der Waals surface area contributed by atoms with Crippen molar-refractivity contribution < 1.29 is 37.6 Å². The fraction of sp³-hybridized carbons (Fsp3) is 0.258. The SMILES string of the molecule is O=C(O)CCNC(=O)c1ccc(CN(C(=O)Nc2ccc([N+](=O)[O-])c(C(F)(F)F)c2)c2ccc(C3=CCCCC3)cc2)cc1. The van der Waals surface area contributed by atoms with Gasteiger partial charge in [0.15, 0.2) is 0 Å². The van der Waals surface area contributed by atoms with Gasteiger partial charge in [-0.3, -0.25) is 24.6 Å². The van der Waals surface area contributed by atoms with Gasteiger partial charge in [-0.1, -0.05) is 30.3 Å². The van der Waals surface area contributed by atoms with Gasteiger partial charge in [0, 0.05) is 29.5 Å². The molecule has 3 aromatic carbocycles. The number of alkyl halides is 3. The summed E-state index contributed by atoms with van der Waals surface area (Å²) in [7, 11) is 0. The van der Waals surface area contributed by atoms with E-state index in [1.54, 1.807) is 24.3 Å². The van der Waals surface area contributed by atoms with Crippen LogP contribution in [0.1, 0.15) is 59.2 Å². The second kappa shape index (κ2) is 13.8. The largest absolute Gasteiger partial charge is 0.481 e. The Morgan fingerprint density at radius 2 is 1.68 bits per heavy atom. The first-order valence-corrected chi connectivity index (χ1v) is 13.7. The Morgan fingerprint density at radius 3 is 2.27 bits per heavy atom. The molecule has 3 amide bonds. The molecule has 0 saturated heterocycles. The van der Waals surface area contributed by atoms with Gasteiger partial charge in [-0.25, -0.2) is 4.79 Å². The summed E-state index contributed by atoms with van der Waals surface area (Å²) in [6.45, 7) is -0.0800. The number of amides is 3. The van der Waals surface area contributed by atoms with E-state index in [1.807, 2.05) is 12.1 Å². The number of urea groups is 1. The van der Waals surface area contributed by atoms with Crippen molar-refractivity contribution in [3.63, 3.8) is 0 Å². The number of benzene rings is 3. The zero-order valence-electron chi connectivity index (χ0n) is 23.4. The number of anilines is 2. The molecule has 13 heteroatoms. The third-order valence-electron chi connectivity index (χ3n) is 7.02. The number of rotatable bonds is 10. The van der Waals surface area contributed by atoms with E-state index >= 15 is 0 Å². The number of allylic oxidation sites excluding steroid dienone is 2. The fourth-order valence-corrected chi connectivity index (χ4v) is 4.76. The molecule has 3 aromatic rings. The zero-order valence-corrected chi connectivity index (χ0v) is 23.4. The summed E-state index contributed by atoms with van der Waals surface area (Å²) in [6.07, 6.45) is 1.03. The molecule has 0 heterocycles. The van der Waals surface area contributed by atoms with Crippen molar-refractivity contribution in [1.29, 1.82) is 0 Å². The second-order valence-corrected chi connectivity index (χ2v) is 10.1. The average Bonchev–Trinajstić information content (AvgIpc) is 3.00. The molecule has 1 aliphatic carbocycles. The number of carboxylic acid groups (broad SMARTS) is 1. The Labute approximate surface area is 250 Å². The van der Waals surface area contributed by atoms with Gasteiger partial charge in [-0.2, -0.15) is 13.2 Å². The molecule has 1 aliphatic rings. The standard InChI is InChI=1S/C31H29F3N4O6/c32-31(33,34)26-18-24(12-15-27(26)38(43)44)36-30(42)37(25-13-10-22(11-14-25)21-4-2-1-3-5-21)19-20-6-8-23(9-7-20)29(41)35-17-16-28(39)40/h4,6-15,18H,1-3,5,16-17,19H2,(H,35,41)(H,36,42)(H,39,40). The van der Waals surface area contributed by atoms with Crippen LogP contribution < -0.4 is 15.5 Å². The van der Waals surface area contributed by atoms with E-state index < -0.39 is 40.3 Å².